The van der Waals surface area contributed by atoms with Crippen LogP contribution < -0.4 is 5.32 Å². The van der Waals surface area contributed by atoms with Crippen molar-refractivity contribution >= 4 is 5.91 Å². The maximum Gasteiger partial charge on any atom is 0.249 e. The van der Waals surface area contributed by atoms with Gasteiger partial charge in [-0.2, -0.15) is 0 Å². The molecular formula is C48H91NO9. The standard InChI is InChI=1S/C48H91NO9/c1-3-5-7-9-11-13-15-17-18-19-20-21-22-23-25-27-29-31-33-35-37-42(52)47(56)49-40(39-57-48-46(55)45(54)44(53)43(38-50)58-48)41(51)36-34-32-30-28-26-24-16-14-12-10-8-6-4-2/h17-18,34,36,40-46,48,50-55H,3-16,19-33,35,37-39H2,1-2H3,(H,49,56). The second kappa shape index (κ2) is 38.5. The van der Waals surface area contributed by atoms with Crippen LogP contribution in [0.3, 0.4) is 0 Å². The van der Waals surface area contributed by atoms with Gasteiger partial charge in [-0.15, -0.1) is 0 Å². The molecule has 10 heteroatoms. The monoisotopic (exact) mass is 826 g/mol. The van der Waals surface area contributed by atoms with Crippen molar-refractivity contribution in [1.29, 1.82) is 0 Å². The van der Waals surface area contributed by atoms with Crippen LogP contribution in [0.2, 0.25) is 0 Å². The van der Waals surface area contributed by atoms with Crippen LogP contribution >= 0.6 is 0 Å². The molecular weight excluding hydrogens is 735 g/mol. The number of hydrogen-bond acceptors (Lipinski definition) is 9. The van der Waals surface area contributed by atoms with Crippen molar-refractivity contribution in [3.8, 4) is 0 Å². The van der Waals surface area contributed by atoms with Crippen LogP contribution in [0, 0.1) is 0 Å². The summed E-state index contributed by atoms with van der Waals surface area (Å²) >= 11 is 0. The molecule has 8 unspecified atom stereocenters. The summed E-state index contributed by atoms with van der Waals surface area (Å²) in [6.07, 6.45) is 35.5. The molecule has 342 valence electrons. The first-order chi connectivity index (χ1) is 28.3. The molecule has 1 aliphatic heterocycles. The van der Waals surface area contributed by atoms with E-state index < -0.39 is 61.5 Å². The minimum Gasteiger partial charge on any atom is -0.394 e. The highest BCUT2D eigenvalue weighted by atomic mass is 16.7. The number of aliphatic hydroxyl groups excluding tert-OH is 6. The first-order valence-corrected chi connectivity index (χ1v) is 24.2. The highest BCUT2D eigenvalue weighted by Crippen LogP contribution is 2.23. The lowest BCUT2D eigenvalue weighted by Gasteiger charge is -2.40. The van der Waals surface area contributed by atoms with Gasteiger partial charge in [0.15, 0.2) is 6.29 Å². The molecule has 1 amide bonds. The van der Waals surface area contributed by atoms with Crippen molar-refractivity contribution in [1.82, 2.24) is 5.32 Å². The average molecular weight is 826 g/mol. The van der Waals surface area contributed by atoms with E-state index in [1.807, 2.05) is 6.08 Å². The van der Waals surface area contributed by atoms with Gasteiger partial charge in [0.1, 0.15) is 30.5 Å². The summed E-state index contributed by atoms with van der Waals surface area (Å²) in [7, 11) is 0. The maximum absolute atomic E-state index is 13.0. The van der Waals surface area contributed by atoms with Crippen LogP contribution in [0.15, 0.2) is 24.3 Å². The van der Waals surface area contributed by atoms with Crippen LogP contribution in [-0.4, -0.2) is 98.7 Å². The zero-order valence-electron chi connectivity index (χ0n) is 37.2. The van der Waals surface area contributed by atoms with Gasteiger partial charge in [0.05, 0.1) is 25.4 Å². The molecule has 58 heavy (non-hydrogen) atoms. The Hall–Kier alpha value is -1.37. The van der Waals surface area contributed by atoms with E-state index in [4.69, 9.17) is 9.47 Å². The van der Waals surface area contributed by atoms with Crippen molar-refractivity contribution in [2.45, 2.75) is 262 Å². The molecule has 0 radical (unpaired) electrons. The quantitative estimate of drug-likeness (QED) is 0.0235. The number of unbranched alkanes of at least 4 members (excludes halogenated alkanes) is 27. The summed E-state index contributed by atoms with van der Waals surface area (Å²) in [6, 6.07) is -0.977. The van der Waals surface area contributed by atoms with E-state index in [0.717, 1.165) is 38.5 Å². The van der Waals surface area contributed by atoms with Crippen molar-refractivity contribution in [2.75, 3.05) is 13.2 Å². The number of ether oxygens (including phenoxy) is 2. The Kier molecular flexibility index (Phi) is 36.3. The number of hydrogen-bond donors (Lipinski definition) is 7. The van der Waals surface area contributed by atoms with Gasteiger partial charge < -0.3 is 45.4 Å². The molecule has 1 saturated heterocycles. The van der Waals surface area contributed by atoms with Crippen LogP contribution in [0.1, 0.15) is 213 Å². The largest absolute Gasteiger partial charge is 0.394 e. The van der Waals surface area contributed by atoms with Crippen molar-refractivity contribution < 1.29 is 44.9 Å². The molecule has 0 bridgehead atoms. The van der Waals surface area contributed by atoms with Crippen molar-refractivity contribution in [3.05, 3.63) is 24.3 Å². The molecule has 10 nitrogen and oxygen atoms in total. The molecule has 1 aliphatic rings. The lowest BCUT2D eigenvalue weighted by Crippen LogP contribution is -2.60. The molecule has 1 heterocycles. The number of nitrogens with one attached hydrogen (secondary N) is 1. The first-order valence-electron chi connectivity index (χ1n) is 24.2. The third kappa shape index (κ3) is 28.2. The van der Waals surface area contributed by atoms with Crippen LogP contribution in [0.4, 0.5) is 0 Å². The second-order valence-electron chi connectivity index (χ2n) is 17.0. The van der Waals surface area contributed by atoms with Gasteiger partial charge in [0.2, 0.25) is 5.91 Å². The molecule has 0 aromatic rings. The zero-order valence-corrected chi connectivity index (χ0v) is 37.2. The maximum atomic E-state index is 13.0. The summed E-state index contributed by atoms with van der Waals surface area (Å²) in [5, 5.41) is 64.7. The lowest BCUT2D eigenvalue weighted by atomic mass is 9.99. The lowest BCUT2D eigenvalue weighted by molar-refractivity contribution is -0.302. The normalized spacial score (nSPS) is 21.6. The topological polar surface area (TPSA) is 169 Å². The minimum atomic E-state index is -1.61. The Morgan fingerprint density at radius 3 is 1.45 bits per heavy atom. The summed E-state index contributed by atoms with van der Waals surface area (Å²) in [4.78, 5) is 13.0. The van der Waals surface area contributed by atoms with Gasteiger partial charge in [-0.1, -0.05) is 192 Å². The van der Waals surface area contributed by atoms with Crippen LogP contribution in [-0.2, 0) is 14.3 Å². The zero-order chi connectivity index (χ0) is 42.5. The molecule has 0 aromatic carbocycles. The van der Waals surface area contributed by atoms with E-state index in [1.165, 1.54) is 148 Å². The Balaban J connectivity index is 2.36. The van der Waals surface area contributed by atoms with E-state index in [9.17, 15) is 35.4 Å². The van der Waals surface area contributed by atoms with Gasteiger partial charge in [-0.05, 0) is 44.9 Å². The Bertz CT molecular complexity index is 979. The molecule has 0 spiro atoms. The highest BCUT2D eigenvalue weighted by Gasteiger charge is 2.44. The second-order valence-corrected chi connectivity index (χ2v) is 17.0. The van der Waals surface area contributed by atoms with E-state index in [0.29, 0.717) is 12.8 Å². The first kappa shape index (κ1) is 54.6. The summed E-state index contributed by atoms with van der Waals surface area (Å²) < 4.78 is 11.1. The Morgan fingerprint density at radius 1 is 0.586 bits per heavy atom. The predicted molar refractivity (Wildman–Crippen MR) is 236 cm³/mol. The third-order valence-corrected chi connectivity index (χ3v) is 11.6. The van der Waals surface area contributed by atoms with Gasteiger partial charge in [-0.25, -0.2) is 0 Å². The Labute approximate surface area is 354 Å². The van der Waals surface area contributed by atoms with Gasteiger partial charge >= 0.3 is 0 Å². The van der Waals surface area contributed by atoms with E-state index in [1.54, 1.807) is 6.08 Å². The van der Waals surface area contributed by atoms with Gasteiger partial charge in [0, 0.05) is 0 Å². The predicted octanol–water partition coefficient (Wildman–Crippen LogP) is 9.25. The molecule has 0 saturated carbocycles. The van der Waals surface area contributed by atoms with Crippen LogP contribution in [0.25, 0.3) is 0 Å². The van der Waals surface area contributed by atoms with Crippen molar-refractivity contribution in [3.63, 3.8) is 0 Å². The molecule has 0 aromatic heterocycles. The van der Waals surface area contributed by atoms with Crippen LogP contribution in [0.5, 0.6) is 0 Å². The molecule has 8 atom stereocenters. The summed E-state index contributed by atoms with van der Waals surface area (Å²) in [5.41, 5.74) is 0. The number of aliphatic hydroxyl groups is 6. The molecule has 1 rings (SSSR count). The average Bonchev–Trinajstić information content (AvgIpc) is 3.22. The van der Waals surface area contributed by atoms with E-state index in [-0.39, 0.29) is 6.61 Å². The fourth-order valence-electron chi connectivity index (χ4n) is 7.63. The van der Waals surface area contributed by atoms with E-state index in [2.05, 4.69) is 31.3 Å². The molecule has 1 fully saturated rings. The third-order valence-electron chi connectivity index (χ3n) is 11.6. The molecule has 7 N–H and O–H groups in total. The number of carbonyl (C=O) groups excluding carboxylic acids is 1. The molecule has 0 aliphatic carbocycles. The highest BCUT2D eigenvalue weighted by molar-refractivity contribution is 5.80. The van der Waals surface area contributed by atoms with Gasteiger partial charge in [-0.3, -0.25) is 4.79 Å². The van der Waals surface area contributed by atoms with Crippen molar-refractivity contribution in [2.24, 2.45) is 0 Å². The SMILES string of the molecule is CCCCCCCCC=CCCCCCCCCCCCCC(O)C(=O)NC(COC1OC(CO)C(O)C(O)C1O)C(O)C=CCCCCCCCCCCCCC. The number of allylic oxidation sites excluding steroid dienone is 3. The summed E-state index contributed by atoms with van der Waals surface area (Å²) in [6.45, 7) is 3.60. The van der Waals surface area contributed by atoms with Gasteiger partial charge in [0.25, 0.3) is 0 Å². The fraction of sp³-hybridized carbons (Fsp3) is 0.896. The van der Waals surface area contributed by atoms with E-state index >= 15 is 0 Å². The Morgan fingerprint density at radius 2 is 1.00 bits per heavy atom. The summed E-state index contributed by atoms with van der Waals surface area (Å²) in [5.74, 6) is -0.617. The number of rotatable bonds is 40. The minimum absolute atomic E-state index is 0.304. The number of carbonyl (C=O) groups is 1. The number of amides is 1. The fourth-order valence-corrected chi connectivity index (χ4v) is 7.63. The smallest absolute Gasteiger partial charge is 0.249 e.